The molecule has 0 aliphatic carbocycles. The molecule has 3 aromatic heterocycles. The van der Waals surface area contributed by atoms with Crippen LogP contribution in [0.3, 0.4) is 0 Å². The first-order valence-electron chi connectivity index (χ1n) is 11.5. The van der Waals surface area contributed by atoms with Crippen molar-refractivity contribution in [2.24, 2.45) is 0 Å². The highest BCUT2D eigenvalue weighted by Gasteiger charge is 2.14. The fourth-order valence-electron chi connectivity index (χ4n) is 4.15. The molecule has 0 aliphatic rings. The Kier molecular flexibility index (Phi) is 7.02. The number of nitrogens with zero attached hydrogens (tertiary/aromatic N) is 5. The summed E-state index contributed by atoms with van der Waals surface area (Å²) in [6.07, 6.45) is 3.33. The second-order valence-corrected chi connectivity index (χ2v) is 8.58. The van der Waals surface area contributed by atoms with Crippen molar-refractivity contribution in [2.75, 3.05) is 7.11 Å². The van der Waals surface area contributed by atoms with E-state index in [-0.39, 0.29) is 12.1 Å². The summed E-state index contributed by atoms with van der Waals surface area (Å²) in [6, 6.07) is 17.5. The molecule has 0 radical (unpaired) electrons. The van der Waals surface area contributed by atoms with Crippen molar-refractivity contribution in [2.45, 2.75) is 34.2 Å². The van der Waals surface area contributed by atoms with E-state index in [9.17, 15) is 10.1 Å². The number of aryl methyl sites for hydroxylation is 3. The third kappa shape index (κ3) is 5.05. The molecule has 1 amide bonds. The number of rotatable bonds is 7. The van der Waals surface area contributed by atoms with E-state index >= 15 is 0 Å². The average molecular weight is 481 g/mol. The second-order valence-electron chi connectivity index (χ2n) is 8.58. The van der Waals surface area contributed by atoms with Crippen LogP contribution in [-0.4, -0.2) is 32.3 Å². The summed E-state index contributed by atoms with van der Waals surface area (Å²) < 4.78 is 9.10. The molecule has 0 fully saturated rings. The minimum atomic E-state index is -0.436. The van der Waals surface area contributed by atoms with Gasteiger partial charge in [0.25, 0.3) is 5.91 Å². The van der Waals surface area contributed by atoms with Crippen molar-refractivity contribution in [3.05, 3.63) is 94.2 Å². The summed E-state index contributed by atoms with van der Waals surface area (Å²) in [5.74, 6) is 1.05. The van der Waals surface area contributed by atoms with Gasteiger partial charge in [0.15, 0.2) is 5.82 Å². The van der Waals surface area contributed by atoms with Crippen LogP contribution in [0, 0.1) is 39.0 Å². The Morgan fingerprint density at radius 1 is 1.08 bits per heavy atom. The molecule has 36 heavy (non-hydrogen) atoms. The van der Waals surface area contributed by atoms with Gasteiger partial charge in [0.05, 0.1) is 12.8 Å². The number of carbonyl (C=O) groups is 1. The van der Waals surface area contributed by atoms with Crippen LogP contribution in [0.1, 0.15) is 33.9 Å². The maximum Gasteiger partial charge on any atom is 0.262 e. The monoisotopic (exact) mass is 480 g/mol. The highest BCUT2D eigenvalue weighted by molar-refractivity contribution is 6.01. The molecule has 0 saturated heterocycles. The van der Waals surface area contributed by atoms with E-state index in [0.29, 0.717) is 5.82 Å². The first-order valence-corrected chi connectivity index (χ1v) is 11.5. The van der Waals surface area contributed by atoms with Gasteiger partial charge in [-0.05, 0) is 87.4 Å². The smallest absolute Gasteiger partial charge is 0.262 e. The molecule has 0 bridgehead atoms. The molecule has 182 valence electrons. The Balaban J connectivity index is 1.48. The number of aromatic nitrogens is 4. The summed E-state index contributed by atoms with van der Waals surface area (Å²) in [5, 5.41) is 16.9. The average Bonchev–Trinajstić information content (AvgIpc) is 3.37. The van der Waals surface area contributed by atoms with Crippen molar-refractivity contribution in [3.8, 4) is 23.3 Å². The molecular formula is C28H28N6O2. The van der Waals surface area contributed by atoms with E-state index in [2.05, 4.69) is 20.0 Å². The Morgan fingerprint density at radius 2 is 1.83 bits per heavy atom. The number of carbonyl (C=O) groups excluding carboxylic acids is 1. The fraction of sp³-hybridized carbons (Fsp3) is 0.214. The van der Waals surface area contributed by atoms with Crippen LogP contribution in [-0.2, 0) is 11.3 Å². The van der Waals surface area contributed by atoms with Crippen molar-refractivity contribution in [3.63, 3.8) is 0 Å². The maximum absolute atomic E-state index is 12.8. The lowest BCUT2D eigenvalue weighted by Crippen LogP contribution is -2.24. The number of methoxy groups -OCH3 is 1. The van der Waals surface area contributed by atoms with Crippen LogP contribution in [0.5, 0.6) is 5.75 Å². The van der Waals surface area contributed by atoms with Crippen LogP contribution in [0.25, 0.3) is 17.6 Å². The molecule has 4 rings (SSSR count). The van der Waals surface area contributed by atoms with Crippen molar-refractivity contribution >= 4 is 12.0 Å². The van der Waals surface area contributed by atoms with Gasteiger partial charge in [-0.1, -0.05) is 6.07 Å². The molecule has 0 aliphatic heterocycles. The highest BCUT2D eigenvalue weighted by Crippen LogP contribution is 2.24. The van der Waals surface area contributed by atoms with Crippen molar-refractivity contribution in [1.82, 2.24) is 24.6 Å². The van der Waals surface area contributed by atoms with Crippen LogP contribution < -0.4 is 10.1 Å². The predicted octanol–water partition coefficient (Wildman–Crippen LogP) is 4.52. The minimum Gasteiger partial charge on any atom is -0.497 e. The number of hydrogen-bond donors (Lipinski definition) is 1. The second kappa shape index (κ2) is 10.3. The third-order valence-corrected chi connectivity index (χ3v) is 5.95. The van der Waals surface area contributed by atoms with Crippen LogP contribution in [0.2, 0.25) is 0 Å². The Bertz CT molecular complexity index is 1470. The van der Waals surface area contributed by atoms with E-state index in [0.717, 1.165) is 45.3 Å². The van der Waals surface area contributed by atoms with Crippen LogP contribution in [0.4, 0.5) is 0 Å². The van der Waals surface area contributed by atoms with Gasteiger partial charge in [0.2, 0.25) is 0 Å². The molecule has 8 heteroatoms. The van der Waals surface area contributed by atoms with E-state index < -0.39 is 5.91 Å². The number of amides is 1. The molecule has 3 heterocycles. The standard InChI is InChI=1S/C28H28N6O2/c1-18-12-20(3)34(32-18)27-11-6-22(16-30-27)17-31-28(35)24(15-29)14-23-13-19(2)33(21(23)4)25-7-9-26(36-5)10-8-25/h6-14,16H,17H2,1-5H3,(H,31,35)/b24-14-. The third-order valence-electron chi connectivity index (χ3n) is 5.95. The SMILES string of the molecule is COc1ccc(-n2c(C)cc(/C=C(/C#N)C(=O)NCc3ccc(-n4nc(C)cc4C)nc3)c2C)cc1. The molecule has 4 aromatic rings. The summed E-state index contributed by atoms with van der Waals surface area (Å²) in [7, 11) is 1.63. The topological polar surface area (TPSA) is 97.8 Å². The van der Waals surface area contributed by atoms with Crippen molar-refractivity contribution < 1.29 is 9.53 Å². The zero-order valence-corrected chi connectivity index (χ0v) is 21.0. The van der Waals surface area contributed by atoms with Crippen LogP contribution in [0.15, 0.2) is 60.3 Å². The van der Waals surface area contributed by atoms with E-state index in [4.69, 9.17) is 4.74 Å². The number of ether oxygens (including phenoxy) is 1. The Morgan fingerprint density at radius 3 is 2.42 bits per heavy atom. The largest absolute Gasteiger partial charge is 0.497 e. The van der Waals surface area contributed by atoms with Crippen LogP contribution >= 0.6 is 0 Å². The van der Waals surface area contributed by atoms with E-state index in [1.165, 1.54) is 0 Å². The minimum absolute atomic E-state index is 0.0391. The maximum atomic E-state index is 12.8. The van der Waals surface area contributed by atoms with Gasteiger partial charge >= 0.3 is 0 Å². The van der Waals surface area contributed by atoms with Gasteiger partial charge in [0, 0.05) is 35.5 Å². The molecule has 0 spiro atoms. The van der Waals surface area contributed by atoms with Gasteiger partial charge in [-0.3, -0.25) is 4.79 Å². The number of benzene rings is 1. The summed E-state index contributed by atoms with van der Waals surface area (Å²) >= 11 is 0. The zero-order chi connectivity index (χ0) is 25.8. The molecule has 8 nitrogen and oxygen atoms in total. The molecule has 0 saturated carbocycles. The number of hydrogen-bond acceptors (Lipinski definition) is 5. The summed E-state index contributed by atoms with van der Waals surface area (Å²) in [5.41, 5.74) is 6.50. The fourth-order valence-corrected chi connectivity index (χ4v) is 4.15. The van der Waals surface area contributed by atoms with Gasteiger partial charge < -0.3 is 14.6 Å². The van der Waals surface area contributed by atoms with Gasteiger partial charge in [-0.25, -0.2) is 9.67 Å². The van der Waals surface area contributed by atoms with Gasteiger partial charge in [-0.15, -0.1) is 0 Å². The summed E-state index contributed by atoms with van der Waals surface area (Å²) in [4.78, 5) is 17.2. The molecule has 0 unspecified atom stereocenters. The molecule has 1 aromatic carbocycles. The molecule has 1 N–H and O–H groups in total. The first kappa shape index (κ1) is 24.5. The van der Waals surface area contributed by atoms with E-state index in [1.54, 1.807) is 24.1 Å². The van der Waals surface area contributed by atoms with Gasteiger partial charge in [-0.2, -0.15) is 10.4 Å². The molecule has 0 atom stereocenters. The number of nitrogens with one attached hydrogen (secondary N) is 1. The lowest BCUT2D eigenvalue weighted by Gasteiger charge is -2.10. The lowest BCUT2D eigenvalue weighted by molar-refractivity contribution is -0.117. The zero-order valence-electron chi connectivity index (χ0n) is 21.0. The van der Waals surface area contributed by atoms with Gasteiger partial charge in [0.1, 0.15) is 17.4 Å². The first-order chi connectivity index (χ1) is 17.3. The molecular weight excluding hydrogens is 452 g/mol. The normalized spacial score (nSPS) is 11.3. The van der Waals surface area contributed by atoms with E-state index in [1.807, 2.05) is 82.3 Å². The quantitative estimate of drug-likeness (QED) is 0.310. The highest BCUT2D eigenvalue weighted by atomic mass is 16.5. The Labute approximate surface area is 210 Å². The number of pyridine rings is 1. The Hall–Kier alpha value is -4.64. The van der Waals surface area contributed by atoms with Crippen molar-refractivity contribution in [1.29, 1.82) is 5.26 Å². The lowest BCUT2D eigenvalue weighted by atomic mass is 10.1. The number of nitriles is 1. The summed E-state index contributed by atoms with van der Waals surface area (Å²) in [6.45, 7) is 8.12. The predicted molar refractivity (Wildman–Crippen MR) is 138 cm³/mol.